The number of hydrogen-bond donors (Lipinski definition) is 1. The van der Waals surface area contributed by atoms with Crippen LogP contribution in [-0.4, -0.2) is 31.8 Å². The Morgan fingerprint density at radius 1 is 1.06 bits per heavy atom. The molecule has 1 aromatic rings. The predicted octanol–water partition coefficient (Wildman–Crippen LogP) is 2.82. The largest absolute Gasteiger partial charge is 0.372 e. The quantitative estimate of drug-likeness (QED) is 0.838. The van der Waals surface area contributed by atoms with Crippen molar-refractivity contribution in [1.29, 1.82) is 0 Å². The first kappa shape index (κ1) is 16.9. The van der Waals surface area contributed by atoms with Crippen LogP contribution in [0.2, 0.25) is 0 Å². The van der Waals surface area contributed by atoms with E-state index in [9.17, 15) is 8.42 Å². The minimum Gasteiger partial charge on any atom is -0.372 e. The molecule has 0 fully saturated rings. The molecule has 0 aliphatic rings. The number of rotatable bonds is 5. The molecule has 0 radical (unpaired) electrons. The summed E-state index contributed by atoms with van der Waals surface area (Å²) in [4.78, 5) is 2.33. The highest BCUT2D eigenvalue weighted by Crippen LogP contribution is 2.11. The predicted molar refractivity (Wildman–Crippen MR) is 76.7 cm³/mol. The first-order chi connectivity index (χ1) is 8.44. The molecule has 0 unspecified atom stereocenters. The smallest absolute Gasteiger partial charge is 0.264 e. The zero-order valence-electron chi connectivity index (χ0n) is 11.3. The fraction of sp³-hybridized carbons (Fsp3) is 0.538. The molecule has 0 heterocycles. The van der Waals surface area contributed by atoms with Gasteiger partial charge in [-0.15, -0.1) is 0 Å². The SMILES string of the molecule is CCCS(=O)(=O)O.CCN(CC)c1ccccc1. The number of para-hydroxylation sites is 1. The van der Waals surface area contributed by atoms with Gasteiger partial charge in [0.25, 0.3) is 10.1 Å². The molecule has 1 N–H and O–H groups in total. The Bertz CT molecular complexity index is 400. The van der Waals surface area contributed by atoms with Crippen LogP contribution >= 0.6 is 0 Å². The Kier molecular flexibility index (Phi) is 8.41. The van der Waals surface area contributed by atoms with Gasteiger partial charge in [-0.2, -0.15) is 8.42 Å². The summed E-state index contributed by atoms with van der Waals surface area (Å²) in [6.07, 6.45) is 0.471. The monoisotopic (exact) mass is 273 g/mol. The van der Waals surface area contributed by atoms with Crippen molar-refractivity contribution in [2.24, 2.45) is 0 Å². The van der Waals surface area contributed by atoms with E-state index in [0.717, 1.165) is 13.1 Å². The van der Waals surface area contributed by atoms with Crippen LogP contribution in [0.4, 0.5) is 5.69 Å². The molecule has 104 valence electrons. The van der Waals surface area contributed by atoms with Gasteiger partial charge in [-0.05, 0) is 32.4 Å². The summed E-state index contributed by atoms with van der Waals surface area (Å²) in [5.41, 5.74) is 1.32. The van der Waals surface area contributed by atoms with Crippen LogP contribution in [0, 0.1) is 0 Å². The van der Waals surface area contributed by atoms with Crippen molar-refractivity contribution in [3.63, 3.8) is 0 Å². The fourth-order valence-corrected chi connectivity index (χ4v) is 2.00. The van der Waals surface area contributed by atoms with E-state index in [4.69, 9.17) is 4.55 Å². The van der Waals surface area contributed by atoms with Gasteiger partial charge in [0.1, 0.15) is 0 Å². The van der Waals surface area contributed by atoms with Crippen molar-refractivity contribution >= 4 is 15.8 Å². The summed E-state index contributed by atoms with van der Waals surface area (Å²) in [6.45, 7) is 8.21. The molecule has 4 nitrogen and oxygen atoms in total. The standard InChI is InChI=1S/C10H15N.C3H8O3S/c1-3-11(4-2)10-8-6-5-7-9-10;1-2-3-7(4,5)6/h5-9H,3-4H2,1-2H3;2-3H2,1H3,(H,4,5,6). The summed E-state index contributed by atoms with van der Waals surface area (Å²) >= 11 is 0. The van der Waals surface area contributed by atoms with Crippen LogP contribution in [-0.2, 0) is 10.1 Å². The van der Waals surface area contributed by atoms with Crippen LogP contribution in [0.25, 0.3) is 0 Å². The minimum atomic E-state index is -3.67. The summed E-state index contributed by atoms with van der Waals surface area (Å²) < 4.78 is 27.6. The number of anilines is 1. The lowest BCUT2D eigenvalue weighted by Gasteiger charge is -2.20. The summed E-state index contributed by atoms with van der Waals surface area (Å²) in [5.74, 6) is -0.132. The highest BCUT2D eigenvalue weighted by atomic mass is 32.2. The topological polar surface area (TPSA) is 57.6 Å². The van der Waals surface area contributed by atoms with E-state index in [0.29, 0.717) is 6.42 Å². The van der Waals surface area contributed by atoms with Crippen molar-refractivity contribution in [3.8, 4) is 0 Å². The van der Waals surface area contributed by atoms with Gasteiger partial charge in [0, 0.05) is 18.8 Å². The van der Waals surface area contributed by atoms with E-state index in [2.05, 4.69) is 43.0 Å². The molecule has 0 bridgehead atoms. The second kappa shape index (κ2) is 8.94. The Balaban J connectivity index is 0.000000360. The van der Waals surface area contributed by atoms with E-state index in [1.165, 1.54) is 5.69 Å². The van der Waals surface area contributed by atoms with Crippen LogP contribution < -0.4 is 4.90 Å². The zero-order chi connectivity index (χ0) is 14.0. The molecule has 0 aliphatic heterocycles. The van der Waals surface area contributed by atoms with Crippen molar-refractivity contribution in [3.05, 3.63) is 30.3 Å². The third-order valence-electron chi connectivity index (χ3n) is 2.35. The fourth-order valence-electron chi connectivity index (χ4n) is 1.49. The van der Waals surface area contributed by atoms with E-state index in [-0.39, 0.29) is 5.75 Å². The Morgan fingerprint density at radius 3 is 1.83 bits per heavy atom. The summed E-state index contributed by atoms with van der Waals surface area (Å²) in [6, 6.07) is 10.5. The third kappa shape index (κ3) is 8.08. The Morgan fingerprint density at radius 2 is 1.56 bits per heavy atom. The van der Waals surface area contributed by atoms with E-state index in [1.54, 1.807) is 6.92 Å². The molecule has 18 heavy (non-hydrogen) atoms. The molecule has 5 heteroatoms. The molecule has 0 aromatic heterocycles. The van der Waals surface area contributed by atoms with Crippen LogP contribution in [0.15, 0.2) is 30.3 Å². The van der Waals surface area contributed by atoms with Gasteiger partial charge in [0.05, 0.1) is 5.75 Å². The molecule has 0 spiro atoms. The molecular weight excluding hydrogens is 250 g/mol. The highest BCUT2D eigenvalue weighted by Gasteiger charge is 1.98. The van der Waals surface area contributed by atoms with Crippen LogP contribution in [0.3, 0.4) is 0 Å². The van der Waals surface area contributed by atoms with Gasteiger partial charge < -0.3 is 4.90 Å². The van der Waals surface area contributed by atoms with Gasteiger partial charge in [-0.25, -0.2) is 0 Å². The summed E-state index contributed by atoms with van der Waals surface area (Å²) in [5, 5.41) is 0. The summed E-state index contributed by atoms with van der Waals surface area (Å²) in [7, 11) is -3.67. The molecule has 0 aliphatic carbocycles. The van der Waals surface area contributed by atoms with Crippen molar-refractivity contribution < 1.29 is 13.0 Å². The zero-order valence-corrected chi connectivity index (χ0v) is 12.2. The maximum absolute atomic E-state index is 9.79. The van der Waals surface area contributed by atoms with Crippen molar-refractivity contribution in [1.82, 2.24) is 0 Å². The maximum Gasteiger partial charge on any atom is 0.264 e. The van der Waals surface area contributed by atoms with Gasteiger partial charge in [0.2, 0.25) is 0 Å². The lowest BCUT2D eigenvalue weighted by molar-refractivity contribution is 0.482. The first-order valence-electron chi connectivity index (χ1n) is 6.19. The maximum atomic E-state index is 9.79. The molecule has 0 atom stereocenters. The number of nitrogens with zero attached hydrogens (tertiary/aromatic N) is 1. The average molecular weight is 273 g/mol. The van der Waals surface area contributed by atoms with Gasteiger partial charge in [0.15, 0.2) is 0 Å². The lowest BCUT2D eigenvalue weighted by Crippen LogP contribution is -2.21. The van der Waals surface area contributed by atoms with E-state index in [1.807, 2.05) is 6.07 Å². The lowest BCUT2D eigenvalue weighted by atomic mass is 10.3. The highest BCUT2D eigenvalue weighted by molar-refractivity contribution is 7.85. The van der Waals surface area contributed by atoms with Crippen LogP contribution in [0.1, 0.15) is 27.2 Å². The first-order valence-corrected chi connectivity index (χ1v) is 7.80. The third-order valence-corrected chi connectivity index (χ3v) is 3.27. The molecule has 0 saturated carbocycles. The number of benzene rings is 1. The Hall–Kier alpha value is -1.07. The van der Waals surface area contributed by atoms with Crippen LogP contribution in [0.5, 0.6) is 0 Å². The van der Waals surface area contributed by atoms with E-state index < -0.39 is 10.1 Å². The molecule has 1 rings (SSSR count). The molecule has 1 aromatic carbocycles. The minimum absolute atomic E-state index is 0.132. The molecule has 0 amide bonds. The van der Waals surface area contributed by atoms with Crippen molar-refractivity contribution in [2.75, 3.05) is 23.7 Å². The second-order valence-corrected chi connectivity index (χ2v) is 5.37. The normalized spacial score (nSPS) is 10.4. The van der Waals surface area contributed by atoms with Gasteiger partial charge in [-0.1, -0.05) is 25.1 Å². The van der Waals surface area contributed by atoms with Gasteiger partial charge >= 0.3 is 0 Å². The van der Waals surface area contributed by atoms with E-state index >= 15 is 0 Å². The Labute approximate surface area is 110 Å². The average Bonchev–Trinajstić information content (AvgIpc) is 2.31. The second-order valence-electron chi connectivity index (χ2n) is 3.79. The molecule has 0 saturated heterocycles. The van der Waals surface area contributed by atoms with Crippen molar-refractivity contribution in [2.45, 2.75) is 27.2 Å². The molecular formula is C13H23NO3S. The van der Waals surface area contributed by atoms with Gasteiger partial charge in [-0.3, -0.25) is 4.55 Å². The number of hydrogen-bond acceptors (Lipinski definition) is 3.